The van der Waals surface area contributed by atoms with Crippen LogP contribution in [0.2, 0.25) is 10.4 Å². The van der Waals surface area contributed by atoms with Crippen molar-refractivity contribution < 1.29 is 4.39 Å². The van der Waals surface area contributed by atoms with Gasteiger partial charge in [-0.15, -0.1) is 0 Å². The van der Waals surface area contributed by atoms with Gasteiger partial charge in [0.25, 0.3) is 0 Å². The molecule has 0 fully saturated rings. The summed E-state index contributed by atoms with van der Waals surface area (Å²) in [6, 6.07) is 6.26. The van der Waals surface area contributed by atoms with Crippen LogP contribution in [0.5, 0.6) is 0 Å². The molecule has 1 atom stereocenters. The second-order valence-electron chi connectivity index (χ2n) is 4.51. The molecule has 2 aromatic rings. The zero-order chi connectivity index (χ0) is 13.6. The molecule has 1 unspecified atom stereocenters. The lowest BCUT2D eigenvalue weighted by Crippen LogP contribution is -2.15. The summed E-state index contributed by atoms with van der Waals surface area (Å²) >= 11 is 12.0. The van der Waals surface area contributed by atoms with E-state index < -0.39 is 0 Å². The smallest absolute Gasteiger partial charge is 0.225 e. The number of hydrogen-bond acceptors (Lipinski definition) is 3. The van der Waals surface area contributed by atoms with Gasteiger partial charge in [-0.3, -0.25) is 0 Å². The van der Waals surface area contributed by atoms with Gasteiger partial charge >= 0.3 is 0 Å². The maximum atomic E-state index is 13.0. The van der Waals surface area contributed by atoms with Crippen LogP contribution in [-0.4, -0.2) is 16.5 Å². The molecule has 0 saturated heterocycles. The van der Waals surface area contributed by atoms with E-state index in [0.29, 0.717) is 11.0 Å². The molecule has 0 N–H and O–H groups in total. The highest BCUT2D eigenvalue weighted by Crippen LogP contribution is 2.42. The van der Waals surface area contributed by atoms with E-state index in [1.165, 1.54) is 12.1 Å². The number of halogens is 3. The van der Waals surface area contributed by atoms with Crippen LogP contribution in [0.15, 0.2) is 24.3 Å². The Bertz CT molecular complexity index is 631. The van der Waals surface area contributed by atoms with Gasteiger partial charge in [0.05, 0.1) is 0 Å². The minimum Gasteiger partial charge on any atom is -0.325 e. The quantitative estimate of drug-likeness (QED) is 0.584. The van der Waals surface area contributed by atoms with Gasteiger partial charge in [-0.1, -0.05) is 18.5 Å². The van der Waals surface area contributed by atoms with Crippen molar-refractivity contribution in [1.29, 1.82) is 0 Å². The van der Waals surface area contributed by atoms with Crippen molar-refractivity contribution in [2.45, 2.75) is 12.8 Å². The summed E-state index contributed by atoms with van der Waals surface area (Å²) in [4.78, 5) is 10.2. The summed E-state index contributed by atoms with van der Waals surface area (Å²) in [6.45, 7) is 2.77. The molecule has 0 bridgehead atoms. The zero-order valence-electron chi connectivity index (χ0n) is 10.1. The first-order chi connectivity index (χ1) is 9.06. The molecular formula is C13H10Cl2FN3. The lowest BCUT2D eigenvalue weighted by atomic mass is 10.1. The molecule has 0 saturated carbocycles. The first kappa shape index (κ1) is 12.6. The first-order valence-electron chi connectivity index (χ1n) is 5.82. The van der Waals surface area contributed by atoms with Gasteiger partial charge in [0.15, 0.2) is 0 Å². The molecule has 1 aliphatic rings. The van der Waals surface area contributed by atoms with Crippen molar-refractivity contribution in [1.82, 2.24) is 9.97 Å². The van der Waals surface area contributed by atoms with Gasteiger partial charge in [-0.2, -0.15) is 4.98 Å². The van der Waals surface area contributed by atoms with Crippen LogP contribution in [0, 0.1) is 5.82 Å². The van der Waals surface area contributed by atoms with Crippen LogP contribution in [0.1, 0.15) is 18.4 Å². The second kappa shape index (κ2) is 4.62. The summed E-state index contributed by atoms with van der Waals surface area (Å²) in [5.74, 6) is 0.629. The molecule has 98 valence electrons. The van der Waals surface area contributed by atoms with Crippen molar-refractivity contribution in [2.75, 3.05) is 11.4 Å². The summed E-state index contributed by atoms with van der Waals surface area (Å²) in [6.07, 6.45) is 0. The van der Waals surface area contributed by atoms with E-state index in [-0.39, 0.29) is 17.0 Å². The molecule has 0 spiro atoms. The van der Waals surface area contributed by atoms with Crippen molar-refractivity contribution in [3.63, 3.8) is 0 Å². The third-order valence-corrected chi connectivity index (χ3v) is 3.65. The van der Waals surface area contributed by atoms with E-state index in [1.54, 1.807) is 12.1 Å². The van der Waals surface area contributed by atoms with E-state index in [2.05, 4.69) is 9.97 Å². The van der Waals surface area contributed by atoms with Gasteiger partial charge in [0.2, 0.25) is 5.28 Å². The van der Waals surface area contributed by atoms with Gasteiger partial charge in [-0.25, -0.2) is 9.37 Å². The maximum absolute atomic E-state index is 13.0. The molecule has 0 amide bonds. The molecule has 1 aromatic heterocycles. The summed E-state index contributed by atoms with van der Waals surface area (Å²) < 4.78 is 13.0. The first-order valence-corrected chi connectivity index (χ1v) is 6.58. The summed E-state index contributed by atoms with van der Waals surface area (Å²) in [5, 5.41) is 0.497. The summed E-state index contributed by atoms with van der Waals surface area (Å²) in [5.41, 5.74) is 1.74. The number of rotatable bonds is 1. The Labute approximate surface area is 120 Å². The Morgan fingerprint density at radius 2 is 1.89 bits per heavy atom. The van der Waals surface area contributed by atoms with Gasteiger partial charge in [0, 0.05) is 23.7 Å². The van der Waals surface area contributed by atoms with Crippen LogP contribution in [0.25, 0.3) is 0 Å². The lowest BCUT2D eigenvalue weighted by Gasteiger charge is -2.18. The Kier molecular flexibility index (Phi) is 3.07. The number of nitrogens with zero attached hydrogens (tertiary/aromatic N) is 3. The number of benzene rings is 1. The molecule has 19 heavy (non-hydrogen) atoms. The Morgan fingerprint density at radius 1 is 1.21 bits per heavy atom. The molecule has 2 heterocycles. The number of aromatic nitrogens is 2. The van der Waals surface area contributed by atoms with Crippen molar-refractivity contribution in [2.24, 2.45) is 0 Å². The highest BCUT2D eigenvalue weighted by Gasteiger charge is 2.31. The van der Waals surface area contributed by atoms with E-state index in [1.807, 2.05) is 11.8 Å². The molecule has 0 radical (unpaired) electrons. The standard InChI is InChI=1S/C13H10Cl2FN3/c1-7-6-19(9-4-2-8(16)3-5-9)12-10(7)11(14)17-13(15)18-12/h2-5,7H,6H2,1H3. The lowest BCUT2D eigenvalue weighted by molar-refractivity contribution is 0.627. The van der Waals surface area contributed by atoms with Crippen molar-refractivity contribution in [3.05, 3.63) is 46.1 Å². The molecule has 3 rings (SSSR count). The van der Waals surface area contributed by atoms with Crippen molar-refractivity contribution in [3.8, 4) is 0 Å². The average molecular weight is 298 g/mol. The number of anilines is 2. The Morgan fingerprint density at radius 3 is 2.58 bits per heavy atom. The highest BCUT2D eigenvalue weighted by molar-refractivity contribution is 6.32. The predicted molar refractivity (Wildman–Crippen MR) is 73.9 cm³/mol. The highest BCUT2D eigenvalue weighted by atomic mass is 35.5. The van der Waals surface area contributed by atoms with Crippen LogP contribution in [0.3, 0.4) is 0 Å². The van der Waals surface area contributed by atoms with E-state index in [9.17, 15) is 4.39 Å². The maximum Gasteiger partial charge on any atom is 0.225 e. The fraction of sp³-hybridized carbons (Fsp3) is 0.231. The Hall–Kier alpha value is -1.39. The van der Waals surface area contributed by atoms with E-state index >= 15 is 0 Å². The van der Waals surface area contributed by atoms with Gasteiger partial charge in [0.1, 0.15) is 16.8 Å². The van der Waals surface area contributed by atoms with Crippen LogP contribution < -0.4 is 4.90 Å². The molecule has 1 aromatic carbocycles. The van der Waals surface area contributed by atoms with Gasteiger partial charge < -0.3 is 4.90 Å². The van der Waals surface area contributed by atoms with Crippen LogP contribution in [-0.2, 0) is 0 Å². The fourth-order valence-corrected chi connectivity index (χ4v) is 2.89. The fourth-order valence-electron chi connectivity index (χ4n) is 2.34. The molecular weight excluding hydrogens is 288 g/mol. The Balaban J connectivity index is 2.11. The number of hydrogen-bond donors (Lipinski definition) is 0. The summed E-state index contributed by atoms with van der Waals surface area (Å²) in [7, 11) is 0. The topological polar surface area (TPSA) is 29.0 Å². The van der Waals surface area contributed by atoms with Crippen LogP contribution in [0.4, 0.5) is 15.9 Å². The van der Waals surface area contributed by atoms with E-state index in [4.69, 9.17) is 23.2 Å². The minimum atomic E-state index is -0.269. The largest absolute Gasteiger partial charge is 0.325 e. The minimum absolute atomic E-state index is 0.116. The SMILES string of the molecule is CC1CN(c2ccc(F)cc2)c2nc(Cl)nc(Cl)c21. The molecule has 0 aliphatic carbocycles. The second-order valence-corrected chi connectivity index (χ2v) is 5.20. The normalized spacial score (nSPS) is 17.7. The molecule has 6 heteroatoms. The number of fused-ring (bicyclic) bond motifs is 1. The zero-order valence-corrected chi connectivity index (χ0v) is 11.6. The third kappa shape index (κ3) is 2.15. The van der Waals surface area contributed by atoms with E-state index in [0.717, 1.165) is 17.8 Å². The predicted octanol–water partition coefficient (Wildman–Crippen LogP) is 4.18. The van der Waals surface area contributed by atoms with Crippen molar-refractivity contribution >= 4 is 34.7 Å². The van der Waals surface area contributed by atoms with Crippen LogP contribution >= 0.6 is 23.2 Å². The average Bonchev–Trinajstić information content (AvgIpc) is 2.67. The third-order valence-electron chi connectivity index (χ3n) is 3.19. The molecule has 3 nitrogen and oxygen atoms in total. The molecule has 1 aliphatic heterocycles. The monoisotopic (exact) mass is 297 g/mol. The van der Waals surface area contributed by atoms with Gasteiger partial charge in [-0.05, 0) is 35.9 Å².